The van der Waals surface area contributed by atoms with Crippen molar-refractivity contribution in [2.75, 3.05) is 0 Å². The van der Waals surface area contributed by atoms with Crippen LogP contribution in [0.25, 0.3) is 10.9 Å². The monoisotopic (exact) mass is 258 g/mol. The van der Waals surface area contributed by atoms with E-state index in [0.717, 1.165) is 27.1 Å². The maximum absolute atomic E-state index is 5.90. The Morgan fingerprint density at radius 2 is 2.31 bits per heavy atom. The average Bonchev–Trinajstić information content (AvgIpc) is 2.42. The molecule has 0 aliphatic carbocycles. The lowest BCUT2D eigenvalue weighted by Crippen LogP contribution is -1.95. The highest BCUT2D eigenvalue weighted by Crippen LogP contribution is 2.25. The van der Waals surface area contributed by atoms with Crippen LogP contribution in [0.2, 0.25) is 5.02 Å². The van der Waals surface area contributed by atoms with Crippen LogP contribution in [-0.2, 0) is 6.54 Å². The Hall–Kier alpha value is -0.540. The van der Waals surface area contributed by atoms with E-state index in [4.69, 9.17) is 11.6 Å². The fraction of sp³-hybridized carbons (Fsp3) is 0.222. The fourth-order valence-electron chi connectivity index (χ4n) is 1.35. The van der Waals surface area contributed by atoms with Crippen molar-refractivity contribution in [2.45, 2.75) is 13.5 Å². The molecular weight excluding hydrogens is 251 g/mol. The van der Waals surface area contributed by atoms with Crippen LogP contribution in [0.4, 0.5) is 0 Å². The predicted octanol–water partition coefficient (Wildman–Crippen LogP) is 3.47. The quantitative estimate of drug-likeness (QED) is 0.767. The molecule has 1 aromatic carbocycles. The number of aromatic nitrogens is 2. The zero-order valence-corrected chi connectivity index (χ0v) is 9.43. The smallest absolute Gasteiger partial charge is 0.135 e. The molecule has 0 bridgehead atoms. The SMILES string of the molecule is CCn1nc(Br)c2ccc(Cl)cc21. The fourth-order valence-corrected chi connectivity index (χ4v) is 2.04. The summed E-state index contributed by atoms with van der Waals surface area (Å²) in [5, 5.41) is 6.17. The predicted molar refractivity (Wildman–Crippen MR) is 58.1 cm³/mol. The van der Waals surface area contributed by atoms with E-state index in [9.17, 15) is 0 Å². The van der Waals surface area contributed by atoms with Crippen molar-refractivity contribution in [3.63, 3.8) is 0 Å². The molecule has 0 unspecified atom stereocenters. The van der Waals surface area contributed by atoms with Crippen LogP contribution in [0.5, 0.6) is 0 Å². The Labute approximate surface area is 89.6 Å². The number of nitrogens with zero attached hydrogens (tertiary/aromatic N) is 2. The molecule has 0 saturated carbocycles. The molecule has 2 rings (SSSR count). The van der Waals surface area contributed by atoms with E-state index in [-0.39, 0.29) is 0 Å². The van der Waals surface area contributed by atoms with Crippen molar-refractivity contribution >= 4 is 38.4 Å². The molecule has 0 aliphatic rings. The van der Waals surface area contributed by atoms with E-state index in [1.54, 1.807) is 0 Å². The van der Waals surface area contributed by atoms with E-state index in [0.29, 0.717) is 0 Å². The lowest BCUT2D eigenvalue weighted by Gasteiger charge is -1.97. The molecule has 13 heavy (non-hydrogen) atoms. The van der Waals surface area contributed by atoms with Crippen LogP contribution in [0.1, 0.15) is 6.92 Å². The van der Waals surface area contributed by atoms with Crippen molar-refractivity contribution < 1.29 is 0 Å². The third kappa shape index (κ3) is 1.46. The van der Waals surface area contributed by atoms with Gasteiger partial charge in [-0.05, 0) is 41.1 Å². The van der Waals surface area contributed by atoms with Crippen LogP contribution in [0.15, 0.2) is 22.8 Å². The number of fused-ring (bicyclic) bond motifs is 1. The van der Waals surface area contributed by atoms with Gasteiger partial charge in [-0.15, -0.1) is 0 Å². The van der Waals surface area contributed by atoms with E-state index in [2.05, 4.69) is 28.0 Å². The molecule has 1 aromatic heterocycles. The molecule has 1 heterocycles. The molecule has 4 heteroatoms. The Morgan fingerprint density at radius 3 is 3.00 bits per heavy atom. The van der Waals surface area contributed by atoms with Crippen LogP contribution >= 0.6 is 27.5 Å². The minimum atomic E-state index is 0.745. The van der Waals surface area contributed by atoms with Gasteiger partial charge in [0.2, 0.25) is 0 Å². The van der Waals surface area contributed by atoms with Crippen molar-refractivity contribution in [2.24, 2.45) is 0 Å². The molecule has 0 N–H and O–H groups in total. The van der Waals surface area contributed by atoms with Gasteiger partial charge in [0.15, 0.2) is 0 Å². The molecule has 0 spiro atoms. The van der Waals surface area contributed by atoms with Crippen molar-refractivity contribution in [3.8, 4) is 0 Å². The van der Waals surface area contributed by atoms with Gasteiger partial charge in [-0.25, -0.2) is 0 Å². The second-order valence-electron chi connectivity index (χ2n) is 2.77. The maximum atomic E-state index is 5.90. The third-order valence-corrected chi connectivity index (χ3v) is 2.79. The third-order valence-electron chi connectivity index (χ3n) is 1.97. The number of aryl methyl sites for hydroxylation is 1. The molecule has 68 valence electrons. The summed E-state index contributed by atoms with van der Waals surface area (Å²) in [6.45, 7) is 2.90. The van der Waals surface area contributed by atoms with E-state index >= 15 is 0 Å². The number of rotatable bonds is 1. The standard InChI is InChI=1S/C9H8BrClN2/c1-2-13-8-5-6(11)3-4-7(8)9(10)12-13/h3-5H,2H2,1H3. The van der Waals surface area contributed by atoms with E-state index in [1.165, 1.54) is 0 Å². The summed E-state index contributed by atoms with van der Waals surface area (Å²) in [6.07, 6.45) is 0. The largest absolute Gasteiger partial charge is 0.264 e. The molecule has 2 nitrogen and oxygen atoms in total. The highest BCUT2D eigenvalue weighted by Gasteiger charge is 2.06. The number of hydrogen-bond donors (Lipinski definition) is 0. The molecule has 0 amide bonds. The van der Waals surface area contributed by atoms with Gasteiger partial charge in [-0.3, -0.25) is 4.68 Å². The zero-order chi connectivity index (χ0) is 9.42. The summed E-state index contributed by atoms with van der Waals surface area (Å²) in [7, 11) is 0. The van der Waals surface area contributed by atoms with Gasteiger partial charge in [0, 0.05) is 17.0 Å². The van der Waals surface area contributed by atoms with E-state index in [1.807, 2.05) is 22.9 Å². The molecule has 0 atom stereocenters. The molecule has 0 saturated heterocycles. The van der Waals surface area contributed by atoms with Crippen LogP contribution < -0.4 is 0 Å². The highest BCUT2D eigenvalue weighted by atomic mass is 79.9. The van der Waals surface area contributed by atoms with Gasteiger partial charge >= 0.3 is 0 Å². The number of hydrogen-bond acceptors (Lipinski definition) is 1. The number of halogens is 2. The Kier molecular flexibility index (Phi) is 2.30. The molecule has 2 aromatic rings. The van der Waals surface area contributed by atoms with Crippen LogP contribution in [0, 0.1) is 0 Å². The summed E-state index contributed by atoms with van der Waals surface area (Å²) >= 11 is 9.31. The van der Waals surface area contributed by atoms with Crippen LogP contribution in [-0.4, -0.2) is 9.78 Å². The zero-order valence-electron chi connectivity index (χ0n) is 7.09. The van der Waals surface area contributed by atoms with Crippen molar-refractivity contribution in [1.29, 1.82) is 0 Å². The lowest BCUT2D eigenvalue weighted by molar-refractivity contribution is 0.678. The highest BCUT2D eigenvalue weighted by molar-refractivity contribution is 9.10. The van der Waals surface area contributed by atoms with Gasteiger partial charge in [-0.1, -0.05) is 11.6 Å². The van der Waals surface area contributed by atoms with Gasteiger partial charge in [0.1, 0.15) is 4.60 Å². The minimum Gasteiger partial charge on any atom is -0.264 e. The maximum Gasteiger partial charge on any atom is 0.135 e. The average molecular weight is 260 g/mol. The Balaban J connectivity index is 2.81. The topological polar surface area (TPSA) is 17.8 Å². The first-order valence-corrected chi connectivity index (χ1v) is 5.21. The summed E-state index contributed by atoms with van der Waals surface area (Å²) in [5.41, 5.74) is 1.07. The second-order valence-corrected chi connectivity index (χ2v) is 3.96. The lowest BCUT2D eigenvalue weighted by atomic mass is 10.2. The Morgan fingerprint density at radius 1 is 1.54 bits per heavy atom. The van der Waals surface area contributed by atoms with Gasteiger partial charge in [-0.2, -0.15) is 5.10 Å². The molecular formula is C9H8BrClN2. The number of benzene rings is 1. The first kappa shape index (κ1) is 9.03. The van der Waals surface area contributed by atoms with Crippen molar-refractivity contribution in [3.05, 3.63) is 27.8 Å². The molecule has 0 aliphatic heterocycles. The summed E-state index contributed by atoms with van der Waals surface area (Å²) in [5.74, 6) is 0. The molecule has 0 fully saturated rings. The van der Waals surface area contributed by atoms with Gasteiger partial charge < -0.3 is 0 Å². The second kappa shape index (κ2) is 3.31. The summed E-state index contributed by atoms with van der Waals surface area (Å²) < 4.78 is 2.80. The van der Waals surface area contributed by atoms with Crippen LogP contribution in [0.3, 0.4) is 0 Å². The summed E-state index contributed by atoms with van der Waals surface area (Å²) in [6, 6.07) is 5.77. The van der Waals surface area contributed by atoms with E-state index < -0.39 is 0 Å². The normalized spacial score (nSPS) is 11.0. The first-order chi connectivity index (χ1) is 6.22. The van der Waals surface area contributed by atoms with Gasteiger partial charge in [0.05, 0.1) is 5.52 Å². The first-order valence-electron chi connectivity index (χ1n) is 4.04. The summed E-state index contributed by atoms with van der Waals surface area (Å²) in [4.78, 5) is 0. The molecule has 0 radical (unpaired) electrons. The van der Waals surface area contributed by atoms with Crippen molar-refractivity contribution in [1.82, 2.24) is 9.78 Å². The van der Waals surface area contributed by atoms with Gasteiger partial charge in [0.25, 0.3) is 0 Å². The minimum absolute atomic E-state index is 0.745. The Bertz CT molecular complexity index is 450.